The topological polar surface area (TPSA) is 75.7 Å². The fourth-order valence-electron chi connectivity index (χ4n) is 2.35. The molecule has 1 heterocycles. The van der Waals surface area contributed by atoms with Gasteiger partial charge in [0.05, 0.1) is 5.69 Å². The number of nitrogens with one attached hydrogen (secondary N) is 1. The fourth-order valence-corrected chi connectivity index (χ4v) is 3.83. The number of carbonyl (C=O) groups excluding carboxylic acids is 1. The van der Waals surface area contributed by atoms with Crippen LogP contribution in [0.25, 0.3) is 0 Å². The van der Waals surface area contributed by atoms with Gasteiger partial charge in [-0.05, 0) is 30.2 Å². The molecular weight excluding hydrogens is 396 g/mol. The largest absolute Gasteiger partial charge is 0.487 e. The SMILES string of the molecule is Cc1cc(OCc2ccccc2)c(N2CC(=O)NS2(=O)=O)cc1Br. The van der Waals surface area contributed by atoms with Crippen LogP contribution in [0.3, 0.4) is 0 Å². The van der Waals surface area contributed by atoms with E-state index in [1.165, 1.54) is 0 Å². The van der Waals surface area contributed by atoms with Crippen LogP contribution >= 0.6 is 15.9 Å². The van der Waals surface area contributed by atoms with E-state index in [0.29, 0.717) is 18.0 Å². The van der Waals surface area contributed by atoms with Crippen LogP contribution in [0.1, 0.15) is 11.1 Å². The molecule has 0 aromatic heterocycles. The van der Waals surface area contributed by atoms with E-state index in [2.05, 4.69) is 15.9 Å². The van der Waals surface area contributed by atoms with Gasteiger partial charge in [0.1, 0.15) is 18.9 Å². The number of hydrogen-bond acceptors (Lipinski definition) is 4. The predicted molar refractivity (Wildman–Crippen MR) is 94.1 cm³/mol. The molecule has 0 unspecified atom stereocenters. The summed E-state index contributed by atoms with van der Waals surface area (Å²) in [5.41, 5.74) is 2.18. The van der Waals surface area contributed by atoms with Gasteiger partial charge in [0, 0.05) is 4.47 Å². The van der Waals surface area contributed by atoms with Gasteiger partial charge in [-0.2, -0.15) is 8.42 Å². The van der Waals surface area contributed by atoms with Crippen LogP contribution in [0.4, 0.5) is 5.69 Å². The van der Waals surface area contributed by atoms with Crippen molar-refractivity contribution in [3.05, 3.63) is 58.1 Å². The maximum atomic E-state index is 12.1. The van der Waals surface area contributed by atoms with Gasteiger partial charge in [-0.1, -0.05) is 46.3 Å². The Bertz CT molecular complexity index is 884. The molecule has 0 radical (unpaired) electrons. The molecule has 126 valence electrons. The number of carbonyl (C=O) groups is 1. The molecule has 3 rings (SSSR count). The highest BCUT2D eigenvalue weighted by atomic mass is 79.9. The highest BCUT2D eigenvalue weighted by Gasteiger charge is 2.36. The second kappa shape index (κ2) is 6.45. The molecule has 1 aliphatic rings. The molecule has 2 aromatic rings. The van der Waals surface area contributed by atoms with Crippen molar-refractivity contribution in [2.45, 2.75) is 13.5 Å². The molecule has 6 nitrogen and oxygen atoms in total. The van der Waals surface area contributed by atoms with E-state index in [4.69, 9.17) is 4.74 Å². The molecule has 0 bridgehead atoms. The molecule has 0 atom stereocenters. The number of rotatable bonds is 4. The number of hydrogen-bond donors (Lipinski definition) is 1. The molecule has 1 N–H and O–H groups in total. The molecule has 2 aromatic carbocycles. The number of anilines is 1. The van der Waals surface area contributed by atoms with Crippen molar-refractivity contribution < 1.29 is 17.9 Å². The summed E-state index contributed by atoms with van der Waals surface area (Å²) in [6, 6.07) is 13.0. The maximum absolute atomic E-state index is 12.1. The van der Waals surface area contributed by atoms with E-state index in [1.54, 1.807) is 12.1 Å². The van der Waals surface area contributed by atoms with Crippen LogP contribution in [-0.2, 0) is 21.6 Å². The molecular formula is C16H15BrN2O4S. The number of nitrogens with zero attached hydrogens (tertiary/aromatic N) is 1. The van der Waals surface area contributed by atoms with Gasteiger partial charge < -0.3 is 4.74 Å². The van der Waals surface area contributed by atoms with Crippen molar-refractivity contribution in [3.8, 4) is 5.75 Å². The van der Waals surface area contributed by atoms with Gasteiger partial charge in [0.2, 0.25) is 0 Å². The van der Waals surface area contributed by atoms with Crippen LogP contribution in [0, 0.1) is 6.92 Å². The monoisotopic (exact) mass is 410 g/mol. The lowest BCUT2D eigenvalue weighted by Crippen LogP contribution is -2.29. The van der Waals surface area contributed by atoms with Gasteiger partial charge in [-0.15, -0.1) is 0 Å². The highest BCUT2D eigenvalue weighted by molar-refractivity contribution is 9.10. The average Bonchev–Trinajstić information content (AvgIpc) is 2.81. The fraction of sp³-hybridized carbons (Fsp3) is 0.188. The third-order valence-electron chi connectivity index (χ3n) is 3.57. The zero-order valence-corrected chi connectivity index (χ0v) is 15.2. The van der Waals surface area contributed by atoms with E-state index < -0.39 is 16.1 Å². The van der Waals surface area contributed by atoms with Crippen molar-refractivity contribution in [2.75, 3.05) is 10.8 Å². The van der Waals surface area contributed by atoms with Crippen LogP contribution in [0.2, 0.25) is 0 Å². The number of benzene rings is 2. The molecule has 24 heavy (non-hydrogen) atoms. The van der Waals surface area contributed by atoms with E-state index in [9.17, 15) is 13.2 Å². The van der Waals surface area contributed by atoms with Crippen LogP contribution in [-0.4, -0.2) is 20.9 Å². The number of halogens is 1. The molecule has 0 saturated carbocycles. The molecule has 0 aliphatic carbocycles. The van der Waals surface area contributed by atoms with Gasteiger partial charge in [-0.3, -0.25) is 4.79 Å². The summed E-state index contributed by atoms with van der Waals surface area (Å²) in [5.74, 6) is -0.166. The quantitative estimate of drug-likeness (QED) is 0.839. The Kier molecular flexibility index (Phi) is 4.51. The average molecular weight is 411 g/mol. The zero-order chi connectivity index (χ0) is 17.3. The number of amides is 1. The Balaban J connectivity index is 1.96. The van der Waals surface area contributed by atoms with E-state index in [1.807, 2.05) is 42.0 Å². The Morgan fingerprint density at radius 2 is 1.96 bits per heavy atom. The standard InChI is InChI=1S/C16H15BrN2O4S/c1-11-7-15(23-10-12-5-3-2-4-6-12)14(8-13(11)17)19-9-16(20)18-24(19,21)22/h2-8H,9-10H2,1H3,(H,18,20). The normalized spacial score (nSPS) is 16.1. The lowest BCUT2D eigenvalue weighted by molar-refractivity contribution is -0.117. The molecule has 8 heteroatoms. The van der Waals surface area contributed by atoms with Crippen molar-refractivity contribution >= 4 is 37.7 Å². The summed E-state index contributed by atoms with van der Waals surface area (Å²) < 4.78 is 33.8. The second-order valence-corrected chi connectivity index (χ2v) is 7.83. The minimum Gasteiger partial charge on any atom is -0.487 e. The lowest BCUT2D eigenvalue weighted by atomic mass is 10.2. The minimum atomic E-state index is -3.89. The Morgan fingerprint density at radius 1 is 1.25 bits per heavy atom. The first kappa shape index (κ1) is 16.8. The van der Waals surface area contributed by atoms with Gasteiger partial charge >= 0.3 is 10.2 Å². The summed E-state index contributed by atoms with van der Waals surface area (Å²) in [6.07, 6.45) is 0. The Labute approximate surface area is 148 Å². The molecule has 1 aliphatic heterocycles. The predicted octanol–water partition coefficient (Wildman–Crippen LogP) is 2.52. The third-order valence-corrected chi connectivity index (χ3v) is 5.81. The number of ether oxygens (including phenoxy) is 1. The van der Waals surface area contributed by atoms with Crippen molar-refractivity contribution in [2.24, 2.45) is 0 Å². The van der Waals surface area contributed by atoms with Crippen molar-refractivity contribution in [1.29, 1.82) is 0 Å². The number of aryl methyl sites for hydroxylation is 1. The Hall–Kier alpha value is -2.06. The summed E-state index contributed by atoms with van der Waals surface area (Å²) in [6.45, 7) is 1.91. The van der Waals surface area contributed by atoms with Crippen molar-refractivity contribution in [3.63, 3.8) is 0 Å². The maximum Gasteiger partial charge on any atom is 0.326 e. The van der Waals surface area contributed by atoms with Crippen molar-refractivity contribution in [1.82, 2.24) is 4.72 Å². The van der Waals surface area contributed by atoms with Gasteiger partial charge in [-0.25, -0.2) is 9.03 Å². The first-order valence-corrected chi connectivity index (χ1v) is 9.40. The summed E-state index contributed by atoms with van der Waals surface area (Å²) in [4.78, 5) is 11.5. The summed E-state index contributed by atoms with van der Waals surface area (Å²) in [7, 11) is -3.89. The third kappa shape index (κ3) is 3.39. The molecule has 1 saturated heterocycles. The second-order valence-electron chi connectivity index (χ2n) is 5.38. The van der Waals surface area contributed by atoms with E-state index >= 15 is 0 Å². The summed E-state index contributed by atoms with van der Waals surface area (Å²) >= 11 is 3.39. The zero-order valence-electron chi connectivity index (χ0n) is 12.8. The minimum absolute atomic E-state index is 0.264. The van der Waals surface area contributed by atoms with Crippen LogP contribution < -0.4 is 13.8 Å². The van der Waals surface area contributed by atoms with Gasteiger partial charge in [0.25, 0.3) is 5.91 Å². The Morgan fingerprint density at radius 3 is 2.58 bits per heavy atom. The molecule has 1 fully saturated rings. The summed E-state index contributed by atoms with van der Waals surface area (Å²) in [5, 5.41) is 0. The molecule has 0 spiro atoms. The van der Waals surface area contributed by atoms with Gasteiger partial charge in [0.15, 0.2) is 0 Å². The smallest absolute Gasteiger partial charge is 0.326 e. The highest BCUT2D eigenvalue weighted by Crippen LogP contribution is 2.36. The van der Waals surface area contributed by atoms with Crippen LogP contribution in [0.15, 0.2) is 46.9 Å². The molecule has 1 amide bonds. The lowest BCUT2D eigenvalue weighted by Gasteiger charge is -2.20. The first-order valence-electron chi connectivity index (χ1n) is 7.17. The first-order chi connectivity index (χ1) is 11.4. The van der Waals surface area contributed by atoms with E-state index in [-0.39, 0.29) is 6.54 Å². The van der Waals surface area contributed by atoms with Crippen LogP contribution in [0.5, 0.6) is 5.75 Å². The van der Waals surface area contributed by atoms with E-state index in [0.717, 1.165) is 19.9 Å².